The zero-order valence-electron chi connectivity index (χ0n) is 18.2. The summed E-state index contributed by atoms with van der Waals surface area (Å²) >= 11 is 0. The number of aromatic nitrogens is 2. The van der Waals surface area contributed by atoms with E-state index in [1.54, 1.807) is 14.2 Å². The lowest BCUT2D eigenvalue weighted by Crippen LogP contribution is -2.40. The molecule has 0 atom stereocenters. The van der Waals surface area contributed by atoms with Crippen molar-refractivity contribution in [1.29, 1.82) is 0 Å². The summed E-state index contributed by atoms with van der Waals surface area (Å²) in [7, 11) is 3.23. The predicted molar refractivity (Wildman–Crippen MR) is 119 cm³/mol. The Bertz CT molecular complexity index is 1050. The number of nitrogens with zero attached hydrogens (tertiary/aromatic N) is 1. The molecule has 7 nitrogen and oxygen atoms in total. The Kier molecular flexibility index (Phi) is 6.30. The number of methoxy groups -OCH3 is 2. The van der Waals surface area contributed by atoms with Crippen LogP contribution in [0.1, 0.15) is 37.1 Å². The van der Waals surface area contributed by atoms with Gasteiger partial charge in [0.2, 0.25) is 11.7 Å². The van der Waals surface area contributed by atoms with Crippen molar-refractivity contribution >= 4 is 16.9 Å². The van der Waals surface area contributed by atoms with E-state index in [4.69, 9.17) is 14.2 Å². The lowest BCUT2D eigenvalue weighted by molar-refractivity contribution is -0.121. The van der Waals surface area contributed by atoms with Crippen LogP contribution in [0, 0.1) is 6.92 Å². The first-order valence-corrected chi connectivity index (χ1v) is 10.7. The maximum absolute atomic E-state index is 12.5. The summed E-state index contributed by atoms with van der Waals surface area (Å²) in [5, 5.41) is 3.18. The Morgan fingerprint density at radius 2 is 1.87 bits per heavy atom. The molecule has 1 fully saturated rings. The van der Waals surface area contributed by atoms with Gasteiger partial charge in [-0.15, -0.1) is 0 Å². The van der Waals surface area contributed by atoms with E-state index >= 15 is 0 Å². The van der Waals surface area contributed by atoms with Crippen LogP contribution < -0.4 is 19.5 Å². The maximum Gasteiger partial charge on any atom is 0.224 e. The average Bonchev–Trinajstić information content (AvgIpc) is 3.14. The molecule has 0 aliphatic heterocycles. The van der Waals surface area contributed by atoms with Crippen molar-refractivity contribution in [1.82, 2.24) is 15.3 Å². The number of aryl methyl sites for hydroxylation is 1. The van der Waals surface area contributed by atoms with Crippen molar-refractivity contribution in [2.45, 2.75) is 51.2 Å². The molecule has 0 saturated heterocycles. The Morgan fingerprint density at radius 1 is 1.10 bits per heavy atom. The summed E-state index contributed by atoms with van der Waals surface area (Å²) < 4.78 is 17.0. The molecule has 2 N–H and O–H groups in total. The van der Waals surface area contributed by atoms with Crippen LogP contribution >= 0.6 is 0 Å². The van der Waals surface area contributed by atoms with E-state index in [9.17, 15) is 4.79 Å². The van der Waals surface area contributed by atoms with Crippen molar-refractivity contribution in [3.63, 3.8) is 0 Å². The highest BCUT2D eigenvalue weighted by Crippen LogP contribution is 2.38. The molecule has 1 saturated carbocycles. The van der Waals surface area contributed by atoms with Crippen LogP contribution in [0.25, 0.3) is 11.0 Å². The number of rotatable bonds is 7. The van der Waals surface area contributed by atoms with Gasteiger partial charge in [0.1, 0.15) is 5.82 Å². The van der Waals surface area contributed by atoms with Crippen molar-refractivity contribution in [2.75, 3.05) is 14.2 Å². The van der Waals surface area contributed by atoms with E-state index in [1.807, 2.05) is 43.3 Å². The van der Waals surface area contributed by atoms with E-state index < -0.39 is 0 Å². The third kappa shape index (κ3) is 4.93. The number of ether oxygens (including phenoxy) is 3. The van der Waals surface area contributed by atoms with Gasteiger partial charge in [-0.1, -0.05) is 12.1 Å². The number of imidazole rings is 1. The van der Waals surface area contributed by atoms with Crippen LogP contribution in [0.5, 0.6) is 17.2 Å². The molecular formula is C24H29N3O4. The van der Waals surface area contributed by atoms with Gasteiger partial charge in [-0.2, -0.15) is 0 Å². The quantitative estimate of drug-likeness (QED) is 0.601. The standard InChI is InChI=1S/C24H29N3O4/c1-15-25-19-12-7-16(13-20(19)26-15)14-23(28)27-17-8-10-18(11-9-17)31-22-6-4-5-21(29-2)24(22)30-3/h4-7,12-13,17-18H,8-11,14H2,1-3H3,(H,25,26)(H,27,28). The normalized spacial score (nSPS) is 18.5. The maximum atomic E-state index is 12.5. The van der Waals surface area contributed by atoms with Crippen LogP contribution in [-0.4, -0.2) is 42.2 Å². The van der Waals surface area contributed by atoms with E-state index in [-0.39, 0.29) is 18.1 Å². The molecule has 3 aromatic rings. The Balaban J connectivity index is 1.28. The lowest BCUT2D eigenvalue weighted by Gasteiger charge is -2.30. The number of amides is 1. The molecule has 1 aliphatic rings. The molecule has 4 rings (SSSR count). The van der Waals surface area contributed by atoms with Gasteiger partial charge in [0.15, 0.2) is 11.5 Å². The first-order chi connectivity index (χ1) is 15.1. The Morgan fingerprint density at radius 3 is 2.61 bits per heavy atom. The number of hydrogen-bond acceptors (Lipinski definition) is 5. The summed E-state index contributed by atoms with van der Waals surface area (Å²) in [6, 6.07) is 11.7. The second kappa shape index (κ2) is 9.29. The number of aromatic amines is 1. The molecule has 0 unspecified atom stereocenters. The molecule has 0 bridgehead atoms. The molecule has 164 valence electrons. The molecule has 2 aromatic carbocycles. The zero-order chi connectivity index (χ0) is 21.8. The largest absolute Gasteiger partial charge is 0.493 e. The number of fused-ring (bicyclic) bond motifs is 1. The number of benzene rings is 2. The fourth-order valence-corrected chi connectivity index (χ4v) is 4.21. The SMILES string of the molecule is COc1cccc(OC2CCC(NC(=O)Cc3ccc4nc(C)[nH]c4c3)CC2)c1OC. The highest BCUT2D eigenvalue weighted by atomic mass is 16.5. The molecule has 0 spiro atoms. The minimum absolute atomic E-state index is 0.0504. The minimum atomic E-state index is 0.0504. The minimum Gasteiger partial charge on any atom is -0.493 e. The summed E-state index contributed by atoms with van der Waals surface area (Å²) in [4.78, 5) is 20.2. The van der Waals surface area contributed by atoms with Gasteiger partial charge in [-0.25, -0.2) is 4.98 Å². The van der Waals surface area contributed by atoms with Crippen LogP contribution in [0.15, 0.2) is 36.4 Å². The number of hydrogen-bond donors (Lipinski definition) is 2. The summed E-state index contributed by atoms with van der Waals surface area (Å²) in [6.07, 6.45) is 4.00. The van der Waals surface area contributed by atoms with Gasteiger partial charge >= 0.3 is 0 Å². The second-order valence-electron chi connectivity index (χ2n) is 8.00. The number of H-pyrrole nitrogens is 1. The monoisotopic (exact) mass is 423 g/mol. The Labute approximate surface area is 182 Å². The summed E-state index contributed by atoms with van der Waals surface area (Å²) in [5.41, 5.74) is 2.87. The number of carbonyl (C=O) groups is 1. The van der Waals surface area contributed by atoms with E-state index in [2.05, 4.69) is 15.3 Å². The van der Waals surface area contributed by atoms with Crippen molar-refractivity contribution < 1.29 is 19.0 Å². The molecule has 7 heteroatoms. The van der Waals surface area contributed by atoms with Crippen LogP contribution in [-0.2, 0) is 11.2 Å². The van der Waals surface area contributed by atoms with Crippen LogP contribution in [0.2, 0.25) is 0 Å². The first-order valence-electron chi connectivity index (χ1n) is 10.7. The second-order valence-corrected chi connectivity index (χ2v) is 8.00. The topological polar surface area (TPSA) is 85.5 Å². The molecule has 1 amide bonds. The number of nitrogens with one attached hydrogen (secondary N) is 2. The third-order valence-electron chi connectivity index (χ3n) is 5.73. The van der Waals surface area contributed by atoms with Crippen molar-refractivity contribution in [3.05, 3.63) is 47.8 Å². The van der Waals surface area contributed by atoms with Gasteiger partial charge in [-0.05, 0) is 62.4 Å². The molecule has 0 radical (unpaired) electrons. The molecule has 1 aromatic heterocycles. The van der Waals surface area contributed by atoms with Crippen LogP contribution in [0.3, 0.4) is 0 Å². The predicted octanol–water partition coefficient (Wildman–Crippen LogP) is 3.94. The summed E-state index contributed by atoms with van der Waals surface area (Å²) in [5.74, 6) is 2.89. The third-order valence-corrected chi connectivity index (χ3v) is 5.73. The van der Waals surface area contributed by atoms with Crippen LogP contribution in [0.4, 0.5) is 0 Å². The van der Waals surface area contributed by atoms with Gasteiger partial charge < -0.3 is 24.5 Å². The molecule has 31 heavy (non-hydrogen) atoms. The Hall–Kier alpha value is -3.22. The number of para-hydroxylation sites is 1. The fraction of sp³-hybridized carbons (Fsp3) is 0.417. The van der Waals surface area contributed by atoms with Gasteiger partial charge in [0.05, 0.1) is 37.8 Å². The van der Waals surface area contributed by atoms with Gasteiger partial charge in [0.25, 0.3) is 0 Å². The molecule has 1 aliphatic carbocycles. The fourth-order valence-electron chi connectivity index (χ4n) is 4.21. The highest BCUT2D eigenvalue weighted by molar-refractivity contribution is 5.82. The van der Waals surface area contributed by atoms with Crippen molar-refractivity contribution in [3.8, 4) is 17.2 Å². The van der Waals surface area contributed by atoms with Gasteiger partial charge in [0, 0.05) is 6.04 Å². The smallest absolute Gasteiger partial charge is 0.224 e. The highest BCUT2D eigenvalue weighted by Gasteiger charge is 2.25. The zero-order valence-corrected chi connectivity index (χ0v) is 18.2. The van der Waals surface area contributed by atoms with E-state index in [1.165, 1.54) is 0 Å². The van der Waals surface area contributed by atoms with Gasteiger partial charge in [-0.3, -0.25) is 4.79 Å². The molecular weight excluding hydrogens is 394 g/mol. The van der Waals surface area contributed by atoms with E-state index in [0.717, 1.165) is 48.1 Å². The average molecular weight is 424 g/mol. The number of carbonyl (C=O) groups excluding carboxylic acids is 1. The van der Waals surface area contributed by atoms with E-state index in [0.29, 0.717) is 23.7 Å². The van der Waals surface area contributed by atoms with Crippen molar-refractivity contribution in [2.24, 2.45) is 0 Å². The first kappa shape index (κ1) is 21.0. The summed E-state index contributed by atoms with van der Waals surface area (Å²) in [6.45, 7) is 1.93. The molecule has 1 heterocycles. The lowest BCUT2D eigenvalue weighted by atomic mass is 9.92.